The molecule has 0 saturated heterocycles. The first-order chi connectivity index (χ1) is 13.4. The number of anilines is 1. The normalized spacial score (nSPS) is 11.1. The van der Waals surface area contributed by atoms with Gasteiger partial charge in [0.15, 0.2) is 12.4 Å². The number of benzene rings is 2. The van der Waals surface area contributed by atoms with E-state index in [1.54, 1.807) is 6.20 Å². The van der Waals surface area contributed by atoms with E-state index in [4.69, 9.17) is 4.42 Å². The van der Waals surface area contributed by atoms with E-state index in [-0.39, 0.29) is 12.3 Å². The molecule has 6 nitrogen and oxygen atoms in total. The highest BCUT2D eigenvalue weighted by molar-refractivity contribution is 5.89. The maximum atomic E-state index is 12.1. The Balaban J connectivity index is 1.47. The maximum Gasteiger partial charge on any atom is 0.422 e. The van der Waals surface area contributed by atoms with E-state index in [1.165, 1.54) is 24.3 Å². The first kappa shape index (κ1) is 19.3. The number of amides is 2. The average Bonchev–Trinajstić information content (AvgIpc) is 3.15. The Morgan fingerprint density at radius 2 is 1.79 bits per heavy atom. The second kappa shape index (κ2) is 8.47. The van der Waals surface area contributed by atoms with Gasteiger partial charge in [-0.25, -0.2) is 9.78 Å². The van der Waals surface area contributed by atoms with E-state index in [0.29, 0.717) is 17.3 Å². The molecule has 146 valence electrons. The number of hydrogen-bond acceptors (Lipinski definition) is 4. The molecule has 1 aromatic heterocycles. The number of oxazole rings is 1. The molecule has 0 aliphatic heterocycles. The Hall–Kier alpha value is -3.49. The van der Waals surface area contributed by atoms with Crippen LogP contribution >= 0.6 is 0 Å². The summed E-state index contributed by atoms with van der Waals surface area (Å²) < 4.78 is 46.5. The molecular formula is C19H16F3N3O3. The van der Waals surface area contributed by atoms with Crippen LogP contribution in [0.15, 0.2) is 65.2 Å². The Morgan fingerprint density at radius 3 is 2.46 bits per heavy atom. The summed E-state index contributed by atoms with van der Waals surface area (Å²) in [6, 6.07) is 14.4. The van der Waals surface area contributed by atoms with Crippen LogP contribution in [-0.4, -0.2) is 23.8 Å². The van der Waals surface area contributed by atoms with E-state index in [1.807, 2.05) is 30.3 Å². The summed E-state index contributed by atoms with van der Waals surface area (Å²) >= 11 is 0. The molecule has 2 aromatic carbocycles. The van der Waals surface area contributed by atoms with Gasteiger partial charge in [-0.15, -0.1) is 0 Å². The smallest absolute Gasteiger partial charge is 0.422 e. The van der Waals surface area contributed by atoms with Crippen LogP contribution in [0.1, 0.15) is 5.89 Å². The van der Waals surface area contributed by atoms with Gasteiger partial charge in [-0.05, 0) is 24.3 Å². The molecule has 9 heteroatoms. The van der Waals surface area contributed by atoms with Crippen LogP contribution in [-0.2, 0) is 6.54 Å². The van der Waals surface area contributed by atoms with Crippen molar-refractivity contribution < 1.29 is 27.1 Å². The molecular weight excluding hydrogens is 375 g/mol. The fraction of sp³-hybridized carbons (Fsp3) is 0.158. The molecule has 0 aliphatic rings. The number of aromatic nitrogens is 1. The largest absolute Gasteiger partial charge is 0.484 e. The molecule has 1 heterocycles. The molecule has 0 bridgehead atoms. The van der Waals surface area contributed by atoms with E-state index in [2.05, 4.69) is 20.4 Å². The number of nitrogens with one attached hydrogen (secondary N) is 2. The molecule has 2 N–H and O–H groups in total. The minimum atomic E-state index is -4.41. The second-order valence-corrected chi connectivity index (χ2v) is 5.72. The molecule has 0 saturated carbocycles. The first-order valence-corrected chi connectivity index (χ1v) is 8.24. The minimum absolute atomic E-state index is 0.0523. The van der Waals surface area contributed by atoms with Crippen molar-refractivity contribution in [2.75, 3.05) is 11.9 Å². The zero-order valence-electron chi connectivity index (χ0n) is 14.5. The van der Waals surface area contributed by atoms with Gasteiger partial charge < -0.3 is 19.8 Å². The van der Waals surface area contributed by atoms with Gasteiger partial charge in [-0.2, -0.15) is 13.2 Å². The predicted octanol–water partition coefficient (Wildman–Crippen LogP) is 4.60. The minimum Gasteiger partial charge on any atom is -0.484 e. The third-order valence-corrected chi connectivity index (χ3v) is 3.53. The van der Waals surface area contributed by atoms with Gasteiger partial charge in [-0.3, -0.25) is 0 Å². The number of halogens is 3. The summed E-state index contributed by atoms with van der Waals surface area (Å²) in [6.07, 6.45) is -2.83. The number of ether oxygens (including phenoxy) is 1. The van der Waals surface area contributed by atoms with Crippen molar-refractivity contribution in [3.8, 4) is 17.1 Å². The molecule has 2 amide bonds. The lowest BCUT2D eigenvalue weighted by Gasteiger charge is -2.10. The van der Waals surface area contributed by atoms with Gasteiger partial charge >= 0.3 is 12.2 Å². The number of urea groups is 1. The molecule has 0 fully saturated rings. The molecule has 3 aromatic rings. The van der Waals surface area contributed by atoms with Gasteiger partial charge in [0.25, 0.3) is 0 Å². The summed E-state index contributed by atoms with van der Waals surface area (Å²) in [5, 5.41) is 5.14. The fourth-order valence-electron chi connectivity index (χ4n) is 2.26. The number of alkyl halides is 3. The summed E-state index contributed by atoms with van der Waals surface area (Å²) in [4.78, 5) is 16.0. The van der Waals surface area contributed by atoms with Crippen LogP contribution in [0.3, 0.4) is 0 Å². The van der Waals surface area contributed by atoms with Crippen LogP contribution in [0.25, 0.3) is 11.3 Å². The van der Waals surface area contributed by atoms with Gasteiger partial charge in [0.05, 0.1) is 12.7 Å². The number of carbonyl (C=O) groups excluding carboxylic acids is 1. The quantitative estimate of drug-likeness (QED) is 0.644. The topological polar surface area (TPSA) is 76.4 Å². The SMILES string of the molecule is O=C(NCc1ncc(-c2ccccc2)o1)Nc1ccc(OCC(F)(F)F)cc1. The van der Waals surface area contributed by atoms with Gasteiger partial charge in [0, 0.05) is 11.3 Å². The van der Waals surface area contributed by atoms with Crippen molar-refractivity contribution in [2.45, 2.75) is 12.7 Å². The molecule has 0 spiro atoms. The summed E-state index contributed by atoms with van der Waals surface area (Å²) in [5.41, 5.74) is 1.27. The van der Waals surface area contributed by atoms with E-state index in [0.717, 1.165) is 5.56 Å². The summed E-state index contributed by atoms with van der Waals surface area (Å²) in [7, 11) is 0. The van der Waals surface area contributed by atoms with E-state index in [9.17, 15) is 18.0 Å². The lowest BCUT2D eigenvalue weighted by Crippen LogP contribution is -2.28. The lowest BCUT2D eigenvalue weighted by atomic mass is 10.2. The highest BCUT2D eigenvalue weighted by Gasteiger charge is 2.28. The average molecular weight is 391 g/mol. The molecule has 0 unspecified atom stereocenters. The first-order valence-electron chi connectivity index (χ1n) is 8.24. The molecule has 28 heavy (non-hydrogen) atoms. The van der Waals surface area contributed by atoms with Gasteiger partial charge in [-0.1, -0.05) is 30.3 Å². The molecule has 3 rings (SSSR count). The Labute approximate surface area is 158 Å². The second-order valence-electron chi connectivity index (χ2n) is 5.72. The lowest BCUT2D eigenvalue weighted by molar-refractivity contribution is -0.153. The number of rotatable bonds is 6. The molecule has 0 atom stereocenters. The Morgan fingerprint density at radius 1 is 1.07 bits per heavy atom. The highest BCUT2D eigenvalue weighted by atomic mass is 19.4. The summed E-state index contributed by atoms with van der Waals surface area (Å²) in [6.45, 7) is -1.30. The van der Waals surface area contributed by atoms with E-state index < -0.39 is 18.8 Å². The van der Waals surface area contributed by atoms with Crippen LogP contribution < -0.4 is 15.4 Å². The van der Waals surface area contributed by atoms with Crippen LogP contribution in [0, 0.1) is 0 Å². The van der Waals surface area contributed by atoms with Crippen molar-refractivity contribution in [3.05, 3.63) is 66.7 Å². The van der Waals surface area contributed by atoms with Crippen LogP contribution in [0.5, 0.6) is 5.75 Å². The fourth-order valence-corrected chi connectivity index (χ4v) is 2.26. The predicted molar refractivity (Wildman–Crippen MR) is 95.8 cm³/mol. The summed E-state index contributed by atoms with van der Waals surface area (Å²) in [5.74, 6) is 0.980. The Bertz CT molecular complexity index is 909. The van der Waals surface area contributed by atoms with Crippen molar-refractivity contribution in [1.29, 1.82) is 0 Å². The highest BCUT2D eigenvalue weighted by Crippen LogP contribution is 2.21. The number of nitrogens with zero attached hydrogens (tertiary/aromatic N) is 1. The Kier molecular flexibility index (Phi) is 5.83. The number of carbonyl (C=O) groups is 1. The monoisotopic (exact) mass is 391 g/mol. The van der Waals surface area contributed by atoms with Gasteiger partial charge in [0.2, 0.25) is 5.89 Å². The van der Waals surface area contributed by atoms with Crippen molar-refractivity contribution >= 4 is 11.7 Å². The molecule has 0 radical (unpaired) electrons. The zero-order valence-corrected chi connectivity index (χ0v) is 14.5. The van der Waals surface area contributed by atoms with Crippen molar-refractivity contribution in [1.82, 2.24) is 10.3 Å². The van der Waals surface area contributed by atoms with E-state index >= 15 is 0 Å². The maximum absolute atomic E-state index is 12.1. The standard InChI is InChI=1S/C19H16F3N3O3/c20-19(21,22)12-27-15-8-6-14(7-9-15)25-18(26)24-11-17-23-10-16(28-17)13-4-2-1-3-5-13/h1-10H,11-12H2,(H2,24,25,26). The van der Waals surface area contributed by atoms with Gasteiger partial charge in [0.1, 0.15) is 5.75 Å². The molecule has 0 aliphatic carbocycles. The van der Waals surface area contributed by atoms with Crippen molar-refractivity contribution in [2.24, 2.45) is 0 Å². The van der Waals surface area contributed by atoms with Crippen LogP contribution in [0.2, 0.25) is 0 Å². The third kappa shape index (κ3) is 5.76. The number of hydrogen-bond donors (Lipinski definition) is 2. The third-order valence-electron chi connectivity index (χ3n) is 3.53. The van der Waals surface area contributed by atoms with Crippen molar-refractivity contribution in [3.63, 3.8) is 0 Å². The van der Waals surface area contributed by atoms with Crippen LogP contribution in [0.4, 0.5) is 23.7 Å². The zero-order chi connectivity index (χ0) is 20.0.